The molecule has 0 saturated heterocycles. The number of hydrogen-bond donors (Lipinski definition) is 0. The molecule has 2 rings (SSSR count). The van der Waals surface area contributed by atoms with Crippen LogP contribution < -0.4 is 9.47 Å². The van der Waals surface area contributed by atoms with Crippen LogP contribution in [0.2, 0.25) is 0 Å². The molecule has 0 aliphatic heterocycles. The second kappa shape index (κ2) is 6.39. The number of ketones is 1. The summed E-state index contributed by atoms with van der Waals surface area (Å²) >= 11 is 0. The van der Waals surface area contributed by atoms with E-state index >= 15 is 0 Å². The van der Waals surface area contributed by atoms with Crippen molar-refractivity contribution in [3.8, 4) is 11.5 Å². The fraction of sp³-hybridized carbons (Fsp3) is 0.235. The van der Waals surface area contributed by atoms with Gasteiger partial charge in [-0.3, -0.25) is 4.79 Å². The highest BCUT2D eigenvalue weighted by Crippen LogP contribution is 2.31. The van der Waals surface area contributed by atoms with Crippen LogP contribution >= 0.6 is 0 Å². The number of para-hydroxylation sites is 1. The molecule has 0 saturated carbocycles. The molecule has 4 heteroatoms. The van der Waals surface area contributed by atoms with Crippen LogP contribution in [-0.2, 0) is 6.42 Å². The molecule has 0 atom stereocenters. The van der Waals surface area contributed by atoms with Gasteiger partial charge in [-0.1, -0.05) is 12.1 Å². The molecular formula is C17H17FO3. The summed E-state index contributed by atoms with van der Waals surface area (Å²) in [6.07, 6.45) is 0.118. The van der Waals surface area contributed by atoms with E-state index in [1.807, 2.05) is 6.92 Å². The van der Waals surface area contributed by atoms with Gasteiger partial charge < -0.3 is 9.47 Å². The predicted octanol–water partition coefficient (Wildman–Crippen LogP) is 3.58. The van der Waals surface area contributed by atoms with Crippen LogP contribution in [0.5, 0.6) is 11.5 Å². The number of Topliss-reactive ketones (excluding diaryl/α,β-unsaturated/α-hetero) is 1. The molecule has 0 spiro atoms. The minimum absolute atomic E-state index is 0.118. The highest BCUT2D eigenvalue weighted by Gasteiger charge is 2.17. The van der Waals surface area contributed by atoms with Crippen molar-refractivity contribution < 1.29 is 18.7 Å². The third-order valence-electron chi connectivity index (χ3n) is 3.37. The van der Waals surface area contributed by atoms with Gasteiger partial charge in [-0.25, -0.2) is 4.39 Å². The van der Waals surface area contributed by atoms with Gasteiger partial charge in [0.1, 0.15) is 5.82 Å². The second-order valence-corrected chi connectivity index (χ2v) is 4.71. The zero-order chi connectivity index (χ0) is 15.4. The van der Waals surface area contributed by atoms with Gasteiger partial charge in [0.15, 0.2) is 17.3 Å². The summed E-state index contributed by atoms with van der Waals surface area (Å²) < 4.78 is 23.8. The summed E-state index contributed by atoms with van der Waals surface area (Å²) in [5, 5.41) is 0. The fourth-order valence-electron chi connectivity index (χ4n) is 2.21. The molecule has 0 N–H and O–H groups in total. The first-order chi connectivity index (χ1) is 10.1. The van der Waals surface area contributed by atoms with Crippen molar-refractivity contribution in [1.29, 1.82) is 0 Å². The molecule has 3 nitrogen and oxygen atoms in total. The Labute approximate surface area is 123 Å². The molecule has 21 heavy (non-hydrogen) atoms. The molecular weight excluding hydrogens is 271 g/mol. The first-order valence-electron chi connectivity index (χ1n) is 6.56. The lowest BCUT2D eigenvalue weighted by Crippen LogP contribution is -2.08. The number of carbonyl (C=O) groups excluding carboxylic acids is 1. The Morgan fingerprint density at radius 1 is 1.14 bits per heavy atom. The van der Waals surface area contributed by atoms with Gasteiger partial charge in [-0.2, -0.15) is 0 Å². The summed E-state index contributed by atoms with van der Waals surface area (Å²) in [5.74, 6) is 0.416. The standard InChI is InChI=1S/C17H17FO3/c1-11-7-8-13(18)9-12(11)10-15(19)14-5-4-6-16(20-2)17(14)21-3/h4-9H,10H2,1-3H3. The van der Waals surface area contributed by atoms with Crippen molar-refractivity contribution >= 4 is 5.78 Å². The number of aryl methyl sites for hydroxylation is 1. The van der Waals surface area contributed by atoms with Crippen molar-refractivity contribution in [2.24, 2.45) is 0 Å². The van der Waals surface area contributed by atoms with Crippen LogP contribution in [-0.4, -0.2) is 20.0 Å². The lowest BCUT2D eigenvalue weighted by molar-refractivity contribution is 0.0989. The maximum atomic E-state index is 13.3. The third-order valence-corrected chi connectivity index (χ3v) is 3.37. The Balaban J connectivity index is 2.35. The van der Waals surface area contributed by atoms with E-state index in [2.05, 4.69) is 0 Å². The molecule has 2 aromatic carbocycles. The SMILES string of the molecule is COc1cccc(C(=O)Cc2cc(F)ccc2C)c1OC. The molecule has 0 radical (unpaired) electrons. The minimum Gasteiger partial charge on any atom is -0.493 e. The van der Waals surface area contributed by atoms with E-state index in [4.69, 9.17) is 9.47 Å². The quantitative estimate of drug-likeness (QED) is 0.789. The minimum atomic E-state index is -0.346. The Hall–Kier alpha value is -2.36. The number of carbonyl (C=O) groups is 1. The van der Waals surface area contributed by atoms with Crippen LogP contribution in [0.25, 0.3) is 0 Å². The largest absolute Gasteiger partial charge is 0.493 e. The fourth-order valence-corrected chi connectivity index (χ4v) is 2.21. The summed E-state index contributed by atoms with van der Waals surface area (Å²) in [6.45, 7) is 1.85. The number of rotatable bonds is 5. The zero-order valence-corrected chi connectivity index (χ0v) is 12.3. The molecule has 110 valence electrons. The van der Waals surface area contributed by atoms with Crippen LogP contribution in [0, 0.1) is 12.7 Å². The van der Waals surface area contributed by atoms with Gasteiger partial charge in [-0.05, 0) is 42.3 Å². The van der Waals surface area contributed by atoms with Crippen LogP contribution in [0.1, 0.15) is 21.5 Å². The maximum absolute atomic E-state index is 13.3. The van der Waals surface area contributed by atoms with Gasteiger partial charge in [0.25, 0.3) is 0 Å². The lowest BCUT2D eigenvalue weighted by Gasteiger charge is -2.12. The Bertz CT molecular complexity index is 665. The van der Waals surface area contributed by atoms with Crippen molar-refractivity contribution in [1.82, 2.24) is 0 Å². The molecule has 0 amide bonds. The summed E-state index contributed by atoms with van der Waals surface area (Å²) in [7, 11) is 3.00. The summed E-state index contributed by atoms with van der Waals surface area (Å²) in [6, 6.07) is 9.57. The van der Waals surface area contributed by atoms with Crippen LogP contribution in [0.15, 0.2) is 36.4 Å². The normalized spacial score (nSPS) is 10.3. The number of benzene rings is 2. The van der Waals surface area contributed by atoms with Gasteiger partial charge in [-0.15, -0.1) is 0 Å². The number of hydrogen-bond acceptors (Lipinski definition) is 3. The third kappa shape index (κ3) is 3.21. The second-order valence-electron chi connectivity index (χ2n) is 4.71. The van der Waals surface area contributed by atoms with E-state index in [1.165, 1.54) is 26.4 Å². The van der Waals surface area contributed by atoms with Crippen molar-refractivity contribution in [2.75, 3.05) is 14.2 Å². The van der Waals surface area contributed by atoms with E-state index in [0.29, 0.717) is 22.6 Å². The van der Waals surface area contributed by atoms with E-state index < -0.39 is 0 Å². The average Bonchev–Trinajstić information content (AvgIpc) is 2.49. The van der Waals surface area contributed by atoms with E-state index in [-0.39, 0.29) is 18.0 Å². The number of methoxy groups -OCH3 is 2. The monoisotopic (exact) mass is 288 g/mol. The summed E-state index contributed by atoms with van der Waals surface area (Å²) in [4.78, 5) is 12.5. The maximum Gasteiger partial charge on any atom is 0.171 e. The molecule has 0 unspecified atom stereocenters. The number of ether oxygens (including phenoxy) is 2. The van der Waals surface area contributed by atoms with Crippen molar-refractivity contribution in [3.63, 3.8) is 0 Å². The summed E-state index contributed by atoms with van der Waals surface area (Å²) in [5.41, 5.74) is 1.98. The van der Waals surface area contributed by atoms with Crippen molar-refractivity contribution in [2.45, 2.75) is 13.3 Å². The Kier molecular flexibility index (Phi) is 4.58. The lowest BCUT2D eigenvalue weighted by atomic mass is 9.98. The van der Waals surface area contributed by atoms with Gasteiger partial charge in [0.05, 0.1) is 19.8 Å². The van der Waals surface area contributed by atoms with Crippen LogP contribution in [0.3, 0.4) is 0 Å². The van der Waals surface area contributed by atoms with Crippen molar-refractivity contribution in [3.05, 3.63) is 58.9 Å². The molecule has 2 aromatic rings. The average molecular weight is 288 g/mol. The van der Waals surface area contributed by atoms with Gasteiger partial charge >= 0.3 is 0 Å². The molecule has 0 bridgehead atoms. The van der Waals surface area contributed by atoms with E-state index in [1.54, 1.807) is 24.3 Å². The zero-order valence-electron chi connectivity index (χ0n) is 12.3. The van der Waals surface area contributed by atoms with E-state index in [9.17, 15) is 9.18 Å². The molecule has 0 aliphatic carbocycles. The Morgan fingerprint density at radius 2 is 1.90 bits per heavy atom. The Morgan fingerprint density at radius 3 is 2.57 bits per heavy atom. The highest BCUT2D eigenvalue weighted by atomic mass is 19.1. The highest BCUT2D eigenvalue weighted by molar-refractivity contribution is 6.00. The topological polar surface area (TPSA) is 35.5 Å². The van der Waals surface area contributed by atoms with E-state index in [0.717, 1.165) is 5.56 Å². The predicted molar refractivity (Wildman–Crippen MR) is 78.7 cm³/mol. The smallest absolute Gasteiger partial charge is 0.171 e. The van der Waals surface area contributed by atoms with Gasteiger partial charge in [0, 0.05) is 6.42 Å². The van der Waals surface area contributed by atoms with Gasteiger partial charge in [0.2, 0.25) is 0 Å². The first-order valence-corrected chi connectivity index (χ1v) is 6.56. The van der Waals surface area contributed by atoms with Crippen LogP contribution in [0.4, 0.5) is 4.39 Å². The molecule has 0 aliphatic rings. The molecule has 0 fully saturated rings. The first kappa shape index (κ1) is 15.0. The number of halogens is 1. The molecule has 0 aromatic heterocycles. The molecule has 0 heterocycles.